The maximum absolute atomic E-state index is 13.1. The highest BCUT2D eigenvalue weighted by molar-refractivity contribution is 5.96. The molecule has 0 unspecified atom stereocenters. The molecule has 0 aliphatic heterocycles. The number of fused-ring (bicyclic) bond motifs is 1. The van der Waals surface area contributed by atoms with Crippen LogP contribution in [0.25, 0.3) is 22.0 Å². The van der Waals surface area contributed by atoms with Gasteiger partial charge in [0, 0.05) is 24.1 Å². The topological polar surface area (TPSA) is 4.93 Å². The number of aryl methyl sites for hydroxylation is 2. The van der Waals surface area contributed by atoms with Gasteiger partial charge in [-0.15, -0.1) is 0 Å². The molecule has 2 aromatic carbocycles. The van der Waals surface area contributed by atoms with Gasteiger partial charge in [-0.3, -0.25) is 0 Å². The Bertz CT molecular complexity index is 795. The van der Waals surface area contributed by atoms with Crippen LogP contribution in [0.4, 0.5) is 13.2 Å². The fraction of sp³-hybridized carbons (Fsp3) is 0.176. The summed E-state index contributed by atoms with van der Waals surface area (Å²) in [6, 6.07) is 11.8. The van der Waals surface area contributed by atoms with Gasteiger partial charge in [0.1, 0.15) is 0 Å². The quantitative estimate of drug-likeness (QED) is 0.582. The Kier molecular flexibility index (Phi) is 3.04. The predicted octanol–water partition coefficient (Wildman–Crippen LogP) is 5.17. The van der Waals surface area contributed by atoms with E-state index in [1.165, 1.54) is 12.1 Å². The molecule has 0 N–H and O–H groups in total. The van der Waals surface area contributed by atoms with E-state index in [-0.39, 0.29) is 0 Å². The number of alkyl halides is 3. The molecule has 3 rings (SSSR count). The van der Waals surface area contributed by atoms with E-state index < -0.39 is 11.7 Å². The molecule has 1 nitrogen and oxygen atoms in total. The van der Waals surface area contributed by atoms with E-state index in [2.05, 4.69) is 0 Å². The van der Waals surface area contributed by atoms with Gasteiger partial charge in [0.25, 0.3) is 0 Å². The summed E-state index contributed by atoms with van der Waals surface area (Å²) in [5, 5.41) is 0.828. The summed E-state index contributed by atoms with van der Waals surface area (Å²) in [6.07, 6.45) is -2.57. The highest BCUT2D eigenvalue weighted by atomic mass is 19.4. The first-order chi connectivity index (χ1) is 9.86. The number of benzene rings is 2. The molecule has 4 heteroatoms. The standard InChI is InChI=1S/C17H14F3N/c1-11-3-5-12(6-4-11)15-9-13(17(18,19)20)10-16-14(15)7-8-21(16)2/h3-10H,1-2H3. The molecular weight excluding hydrogens is 275 g/mol. The first-order valence-corrected chi connectivity index (χ1v) is 6.59. The molecule has 0 saturated carbocycles. The molecule has 0 saturated heterocycles. The van der Waals surface area contributed by atoms with Crippen LogP contribution in [0.15, 0.2) is 48.7 Å². The summed E-state index contributed by atoms with van der Waals surface area (Å²) < 4.78 is 41.0. The molecular formula is C17H14F3N. The van der Waals surface area contributed by atoms with Gasteiger partial charge in [-0.1, -0.05) is 29.8 Å². The second-order valence-corrected chi connectivity index (χ2v) is 5.25. The van der Waals surface area contributed by atoms with Crippen LogP contribution in [0.1, 0.15) is 11.1 Å². The largest absolute Gasteiger partial charge is 0.416 e. The van der Waals surface area contributed by atoms with E-state index in [1.807, 2.05) is 37.3 Å². The summed E-state index contributed by atoms with van der Waals surface area (Å²) in [5.74, 6) is 0. The minimum absolute atomic E-state index is 0.584. The van der Waals surface area contributed by atoms with Crippen molar-refractivity contribution in [3.05, 3.63) is 59.8 Å². The molecule has 108 valence electrons. The number of hydrogen-bond acceptors (Lipinski definition) is 0. The van der Waals surface area contributed by atoms with Gasteiger partial charge in [0.05, 0.1) is 5.56 Å². The molecule has 0 amide bonds. The van der Waals surface area contributed by atoms with Crippen LogP contribution in [-0.4, -0.2) is 4.57 Å². The lowest BCUT2D eigenvalue weighted by atomic mass is 9.98. The van der Waals surface area contributed by atoms with Gasteiger partial charge in [0.15, 0.2) is 0 Å². The molecule has 1 aromatic heterocycles. The average molecular weight is 289 g/mol. The number of hydrogen-bond donors (Lipinski definition) is 0. The van der Waals surface area contributed by atoms with Crippen molar-refractivity contribution in [3.63, 3.8) is 0 Å². The lowest BCUT2D eigenvalue weighted by Crippen LogP contribution is -2.05. The normalized spacial score (nSPS) is 12.0. The Labute approximate surface area is 120 Å². The van der Waals surface area contributed by atoms with Crippen molar-refractivity contribution in [3.8, 4) is 11.1 Å². The highest BCUT2D eigenvalue weighted by Gasteiger charge is 2.31. The van der Waals surface area contributed by atoms with Crippen LogP contribution in [0.3, 0.4) is 0 Å². The third-order valence-corrected chi connectivity index (χ3v) is 3.69. The van der Waals surface area contributed by atoms with Crippen molar-refractivity contribution >= 4 is 10.9 Å². The van der Waals surface area contributed by atoms with Crippen LogP contribution in [0.2, 0.25) is 0 Å². The van der Waals surface area contributed by atoms with Crippen molar-refractivity contribution in [1.29, 1.82) is 0 Å². The Morgan fingerprint density at radius 1 is 0.952 bits per heavy atom. The molecule has 0 radical (unpaired) electrons. The van der Waals surface area contributed by atoms with Gasteiger partial charge in [0.2, 0.25) is 0 Å². The van der Waals surface area contributed by atoms with Crippen LogP contribution in [0, 0.1) is 6.92 Å². The minimum atomic E-state index is -4.35. The van der Waals surface area contributed by atoms with Gasteiger partial charge in [-0.05, 0) is 36.2 Å². The lowest BCUT2D eigenvalue weighted by molar-refractivity contribution is -0.137. The Hall–Kier alpha value is -2.23. The smallest absolute Gasteiger partial charge is 0.351 e. The van der Waals surface area contributed by atoms with Crippen LogP contribution in [-0.2, 0) is 13.2 Å². The SMILES string of the molecule is Cc1ccc(-c2cc(C(F)(F)F)cc3c2ccn3C)cc1. The third kappa shape index (κ3) is 2.42. The molecule has 0 fully saturated rings. The highest BCUT2D eigenvalue weighted by Crippen LogP contribution is 2.37. The molecule has 0 atom stereocenters. The molecule has 0 aliphatic carbocycles. The lowest BCUT2D eigenvalue weighted by Gasteiger charge is -2.12. The molecule has 3 aromatic rings. The molecule has 0 bridgehead atoms. The minimum Gasteiger partial charge on any atom is -0.351 e. The van der Waals surface area contributed by atoms with Crippen LogP contribution < -0.4 is 0 Å². The number of rotatable bonds is 1. The van der Waals surface area contributed by atoms with Gasteiger partial charge >= 0.3 is 6.18 Å². The van der Waals surface area contributed by atoms with Gasteiger partial charge < -0.3 is 4.57 Å². The maximum atomic E-state index is 13.1. The maximum Gasteiger partial charge on any atom is 0.416 e. The van der Waals surface area contributed by atoms with E-state index in [9.17, 15) is 13.2 Å². The monoisotopic (exact) mass is 289 g/mol. The summed E-state index contributed by atoms with van der Waals surface area (Å²) in [6.45, 7) is 1.95. The predicted molar refractivity (Wildman–Crippen MR) is 78.1 cm³/mol. The zero-order valence-electron chi connectivity index (χ0n) is 11.7. The van der Waals surface area contributed by atoms with Gasteiger partial charge in [-0.2, -0.15) is 13.2 Å². The van der Waals surface area contributed by atoms with E-state index in [1.54, 1.807) is 17.8 Å². The van der Waals surface area contributed by atoms with Crippen molar-refractivity contribution in [1.82, 2.24) is 4.57 Å². The van der Waals surface area contributed by atoms with Crippen LogP contribution in [0.5, 0.6) is 0 Å². The Morgan fingerprint density at radius 2 is 1.62 bits per heavy atom. The first-order valence-electron chi connectivity index (χ1n) is 6.59. The molecule has 1 heterocycles. The Morgan fingerprint density at radius 3 is 2.24 bits per heavy atom. The molecule has 0 aliphatic rings. The number of nitrogens with zero attached hydrogens (tertiary/aromatic N) is 1. The zero-order chi connectivity index (χ0) is 15.2. The fourth-order valence-electron chi connectivity index (χ4n) is 2.51. The summed E-state index contributed by atoms with van der Waals surface area (Å²) in [7, 11) is 1.75. The number of aromatic nitrogens is 1. The fourth-order valence-corrected chi connectivity index (χ4v) is 2.51. The van der Waals surface area contributed by atoms with E-state index in [0.29, 0.717) is 11.1 Å². The molecule has 0 spiro atoms. The zero-order valence-corrected chi connectivity index (χ0v) is 11.7. The van der Waals surface area contributed by atoms with Crippen molar-refractivity contribution in [2.75, 3.05) is 0 Å². The second kappa shape index (κ2) is 4.65. The van der Waals surface area contributed by atoms with E-state index >= 15 is 0 Å². The Balaban J connectivity index is 2.32. The summed E-state index contributed by atoms with van der Waals surface area (Å²) in [4.78, 5) is 0. The van der Waals surface area contributed by atoms with Gasteiger partial charge in [-0.25, -0.2) is 0 Å². The van der Waals surface area contributed by atoms with E-state index in [4.69, 9.17) is 0 Å². The third-order valence-electron chi connectivity index (χ3n) is 3.69. The van der Waals surface area contributed by atoms with E-state index in [0.717, 1.165) is 16.5 Å². The van der Waals surface area contributed by atoms with Crippen molar-refractivity contribution < 1.29 is 13.2 Å². The first kappa shape index (κ1) is 13.7. The average Bonchev–Trinajstić information content (AvgIpc) is 2.80. The van der Waals surface area contributed by atoms with Crippen LogP contribution >= 0.6 is 0 Å². The van der Waals surface area contributed by atoms with Crippen molar-refractivity contribution in [2.45, 2.75) is 13.1 Å². The molecule has 21 heavy (non-hydrogen) atoms. The summed E-state index contributed by atoms with van der Waals surface area (Å²) in [5.41, 5.74) is 2.45. The summed E-state index contributed by atoms with van der Waals surface area (Å²) >= 11 is 0. The second-order valence-electron chi connectivity index (χ2n) is 5.25. The number of halogens is 3. The van der Waals surface area contributed by atoms with Crippen molar-refractivity contribution in [2.24, 2.45) is 7.05 Å².